The Bertz CT molecular complexity index is 1260. The number of piperidine rings is 1. The van der Waals surface area contributed by atoms with Gasteiger partial charge in [-0.2, -0.15) is 0 Å². The lowest BCUT2D eigenvalue weighted by Gasteiger charge is -2.30. The van der Waals surface area contributed by atoms with E-state index in [2.05, 4.69) is 16.8 Å². The molecule has 1 unspecified atom stereocenters. The summed E-state index contributed by atoms with van der Waals surface area (Å²) in [5.41, 5.74) is 3.71. The van der Waals surface area contributed by atoms with Crippen molar-refractivity contribution >= 4 is 29.2 Å². The number of ether oxygens (including phenoxy) is 2. The second-order valence-electron chi connectivity index (χ2n) is 9.94. The number of rotatable bonds is 9. The molecule has 0 bridgehead atoms. The molecule has 0 saturated carbocycles. The molecule has 3 aliphatic rings. The van der Waals surface area contributed by atoms with E-state index in [4.69, 9.17) is 21.1 Å². The van der Waals surface area contributed by atoms with Gasteiger partial charge >= 0.3 is 0 Å². The van der Waals surface area contributed by atoms with Gasteiger partial charge in [0, 0.05) is 49.4 Å². The monoisotopic (exact) mass is 537 g/mol. The third kappa shape index (κ3) is 5.93. The first-order chi connectivity index (χ1) is 18.4. The van der Waals surface area contributed by atoms with Gasteiger partial charge in [0.05, 0.1) is 18.2 Å². The Morgan fingerprint density at radius 2 is 1.97 bits per heavy atom. The average Bonchev–Trinajstić information content (AvgIpc) is 3.24. The summed E-state index contributed by atoms with van der Waals surface area (Å²) < 4.78 is 11.2. The maximum atomic E-state index is 12.9. The molecule has 0 radical (unpaired) electrons. The summed E-state index contributed by atoms with van der Waals surface area (Å²) in [6, 6.07) is 10.3. The van der Waals surface area contributed by atoms with Crippen molar-refractivity contribution in [2.75, 3.05) is 39.5 Å². The van der Waals surface area contributed by atoms with Gasteiger partial charge in [0.15, 0.2) is 5.78 Å². The van der Waals surface area contributed by atoms with Crippen molar-refractivity contribution in [3.8, 4) is 5.75 Å². The highest BCUT2D eigenvalue weighted by Crippen LogP contribution is 2.30. The molecule has 2 aromatic rings. The lowest BCUT2D eigenvalue weighted by atomic mass is 9.99. The number of Topliss-reactive ketones (excluding diaryl/α,β-unsaturated/α-hetero) is 1. The van der Waals surface area contributed by atoms with Crippen molar-refractivity contribution in [1.29, 1.82) is 0 Å². The Morgan fingerprint density at radius 3 is 2.74 bits per heavy atom. The van der Waals surface area contributed by atoms with Gasteiger partial charge < -0.3 is 19.7 Å². The second kappa shape index (κ2) is 11.7. The van der Waals surface area contributed by atoms with E-state index in [1.165, 1.54) is 0 Å². The van der Waals surface area contributed by atoms with Crippen LogP contribution in [0.3, 0.4) is 0 Å². The van der Waals surface area contributed by atoms with E-state index < -0.39 is 6.04 Å². The Morgan fingerprint density at radius 1 is 1.16 bits per heavy atom. The number of carbonyl (C=O) groups is 3. The summed E-state index contributed by atoms with van der Waals surface area (Å²) in [5.74, 6) is 0.252. The second-order valence-corrected chi connectivity index (χ2v) is 10.3. The summed E-state index contributed by atoms with van der Waals surface area (Å²) in [6.07, 6.45) is 2.10. The quantitative estimate of drug-likeness (QED) is 0.492. The number of hydrogen-bond donors (Lipinski definition) is 1. The lowest BCUT2D eigenvalue weighted by Crippen LogP contribution is -2.49. The highest BCUT2D eigenvalue weighted by molar-refractivity contribution is 6.32. The fourth-order valence-corrected chi connectivity index (χ4v) is 5.40. The van der Waals surface area contributed by atoms with Crippen molar-refractivity contribution in [2.45, 2.75) is 38.3 Å². The van der Waals surface area contributed by atoms with E-state index in [0.717, 1.165) is 44.0 Å². The summed E-state index contributed by atoms with van der Waals surface area (Å²) in [4.78, 5) is 42.1. The number of nitrogens with zero attached hydrogens (tertiary/aromatic N) is 2. The third-order valence-corrected chi connectivity index (χ3v) is 7.66. The van der Waals surface area contributed by atoms with Gasteiger partial charge in [0.25, 0.3) is 5.91 Å². The number of fused-ring (bicyclic) bond motifs is 1. The highest BCUT2D eigenvalue weighted by atomic mass is 35.5. The largest absolute Gasteiger partial charge is 0.491 e. The molecule has 1 N–H and O–H groups in total. The molecule has 3 heterocycles. The Hall–Kier alpha value is -3.20. The molecule has 3 aliphatic heterocycles. The van der Waals surface area contributed by atoms with Crippen LogP contribution in [0.25, 0.3) is 0 Å². The zero-order valence-corrected chi connectivity index (χ0v) is 22.1. The Kier molecular flexibility index (Phi) is 8.12. The minimum absolute atomic E-state index is 0.0101. The van der Waals surface area contributed by atoms with E-state index in [0.29, 0.717) is 66.4 Å². The van der Waals surface area contributed by atoms with Gasteiger partial charge in [0.2, 0.25) is 5.91 Å². The first-order valence-electron chi connectivity index (χ1n) is 13.1. The molecule has 0 aromatic heterocycles. The molecular weight excluding hydrogens is 506 g/mol. The molecular formula is C29H32ClN3O5. The molecule has 1 atom stereocenters. The van der Waals surface area contributed by atoms with Gasteiger partial charge in [-0.15, -0.1) is 0 Å². The molecule has 2 aromatic carbocycles. The van der Waals surface area contributed by atoms with Gasteiger partial charge in [-0.3, -0.25) is 19.3 Å². The predicted molar refractivity (Wildman–Crippen MR) is 143 cm³/mol. The number of aryl methyl sites for hydroxylation is 1. The van der Waals surface area contributed by atoms with E-state index in [1.54, 1.807) is 29.2 Å². The molecule has 2 saturated heterocycles. The smallest absolute Gasteiger partial charge is 0.255 e. The molecule has 38 heavy (non-hydrogen) atoms. The van der Waals surface area contributed by atoms with Gasteiger partial charge in [-0.1, -0.05) is 30.3 Å². The van der Waals surface area contributed by atoms with Crippen LogP contribution in [0.15, 0.2) is 48.7 Å². The molecule has 8 nitrogen and oxygen atoms in total. The van der Waals surface area contributed by atoms with Gasteiger partial charge in [-0.05, 0) is 54.7 Å². The molecule has 200 valence electrons. The van der Waals surface area contributed by atoms with Crippen LogP contribution in [0.1, 0.15) is 51.1 Å². The number of allylic oxidation sites excluding steroid dienone is 1. The van der Waals surface area contributed by atoms with Crippen LogP contribution in [-0.4, -0.2) is 72.9 Å². The van der Waals surface area contributed by atoms with Crippen LogP contribution < -0.4 is 10.1 Å². The van der Waals surface area contributed by atoms with E-state index >= 15 is 0 Å². The van der Waals surface area contributed by atoms with Gasteiger partial charge in [-0.25, -0.2) is 0 Å². The van der Waals surface area contributed by atoms with E-state index in [9.17, 15) is 14.4 Å². The van der Waals surface area contributed by atoms with E-state index in [-0.39, 0.29) is 17.6 Å². The maximum Gasteiger partial charge on any atom is 0.255 e. The fraction of sp³-hybridized carbons (Fsp3) is 0.414. The third-order valence-electron chi connectivity index (χ3n) is 7.36. The number of hydrogen-bond acceptors (Lipinski definition) is 6. The zero-order valence-electron chi connectivity index (χ0n) is 21.3. The predicted octanol–water partition coefficient (Wildman–Crippen LogP) is 3.61. The number of morpholine rings is 1. The summed E-state index contributed by atoms with van der Waals surface area (Å²) >= 11 is 6.41. The molecule has 5 rings (SSSR count). The van der Waals surface area contributed by atoms with Crippen molar-refractivity contribution < 1.29 is 23.9 Å². The van der Waals surface area contributed by atoms with Crippen LogP contribution >= 0.6 is 11.6 Å². The SMILES string of the molecule is C=C1CCC(N2Cc3cc(CCC(=O)c4ccc(OCCN5CCOCC5)c(Cl)c4)ccc3C2=O)C(=O)N1. The van der Waals surface area contributed by atoms with Crippen LogP contribution in [0.5, 0.6) is 5.75 Å². The first kappa shape index (κ1) is 26.4. The Balaban J connectivity index is 1.14. The number of carbonyl (C=O) groups excluding carboxylic acids is 3. The van der Waals surface area contributed by atoms with Crippen LogP contribution in [-0.2, 0) is 22.5 Å². The normalized spacial score (nSPS) is 19.9. The molecule has 0 spiro atoms. The lowest BCUT2D eigenvalue weighted by molar-refractivity contribution is -0.126. The van der Waals surface area contributed by atoms with Crippen LogP contribution in [0.4, 0.5) is 0 Å². The summed E-state index contributed by atoms with van der Waals surface area (Å²) in [5, 5.41) is 3.18. The highest BCUT2D eigenvalue weighted by Gasteiger charge is 2.38. The number of amides is 2. The molecule has 2 amide bonds. The summed E-state index contributed by atoms with van der Waals surface area (Å²) in [6.45, 7) is 8.81. The Labute approximate surface area is 227 Å². The summed E-state index contributed by atoms with van der Waals surface area (Å²) in [7, 11) is 0. The molecule has 0 aliphatic carbocycles. The maximum absolute atomic E-state index is 12.9. The first-order valence-corrected chi connectivity index (χ1v) is 13.4. The number of ketones is 1. The molecule has 9 heteroatoms. The topological polar surface area (TPSA) is 88.2 Å². The zero-order chi connectivity index (χ0) is 26.6. The van der Waals surface area contributed by atoms with Crippen LogP contribution in [0, 0.1) is 0 Å². The van der Waals surface area contributed by atoms with Crippen molar-refractivity contribution in [3.63, 3.8) is 0 Å². The number of benzene rings is 2. The fourth-order valence-electron chi connectivity index (χ4n) is 5.17. The molecule has 2 fully saturated rings. The minimum Gasteiger partial charge on any atom is -0.491 e. The standard InChI is InChI=1S/C29H32ClN3O5/c1-19-2-7-25(28(35)31-19)33-18-22-16-20(3-6-23(22)29(33)36)4-8-26(34)21-5-9-27(24(30)17-21)38-15-12-32-10-13-37-14-11-32/h3,5-6,9,16-17,25H,1-2,4,7-8,10-15,18H2,(H,31,35). The van der Waals surface area contributed by atoms with Crippen molar-refractivity contribution in [2.24, 2.45) is 0 Å². The number of nitrogens with one attached hydrogen (secondary N) is 1. The van der Waals surface area contributed by atoms with E-state index in [1.807, 2.05) is 12.1 Å². The minimum atomic E-state index is -0.485. The van der Waals surface area contributed by atoms with Crippen LogP contribution in [0.2, 0.25) is 5.02 Å². The number of halogens is 1. The van der Waals surface area contributed by atoms with Crippen molar-refractivity contribution in [3.05, 3.63) is 76.0 Å². The average molecular weight is 538 g/mol. The van der Waals surface area contributed by atoms with Gasteiger partial charge in [0.1, 0.15) is 18.4 Å². The van der Waals surface area contributed by atoms with Crippen molar-refractivity contribution in [1.82, 2.24) is 15.1 Å².